The van der Waals surface area contributed by atoms with Gasteiger partial charge in [-0.3, -0.25) is 4.79 Å². The third kappa shape index (κ3) is 3.98. The van der Waals surface area contributed by atoms with Crippen LogP contribution in [0.1, 0.15) is 33.9 Å². The van der Waals surface area contributed by atoms with Gasteiger partial charge in [-0.25, -0.2) is 13.6 Å². The molecule has 0 fully saturated rings. The van der Waals surface area contributed by atoms with Gasteiger partial charge < -0.3 is 14.4 Å². The average Bonchev–Trinajstić information content (AvgIpc) is 2.89. The number of amides is 1. The molecule has 0 bridgehead atoms. The molecule has 1 heterocycles. The molecule has 0 saturated carbocycles. The molecule has 0 atom stereocenters. The van der Waals surface area contributed by atoms with Crippen LogP contribution in [0.25, 0.3) is 0 Å². The summed E-state index contributed by atoms with van der Waals surface area (Å²) in [6.45, 7) is 1.63. The van der Waals surface area contributed by atoms with E-state index in [2.05, 4.69) is 0 Å². The molecule has 24 heavy (non-hydrogen) atoms. The van der Waals surface area contributed by atoms with E-state index in [0.29, 0.717) is 5.76 Å². The summed E-state index contributed by atoms with van der Waals surface area (Å²) in [5, 5.41) is 8.97. The molecule has 2 aromatic rings. The molecule has 0 unspecified atom stereocenters. The van der Waals surface area contributed by atoms with Gasteiger partial charge in [0.25, 0.3) is 0 Å². The SMILES string of the molecule is Cc1oc(CN(C)C(=O)CCc2cccc(F)c2F)cc1C(=O)O. The predicted molar refractivity (Wildman–Crippen MR) is 81.6 cm³/mol. The molecule has 5 nitrogen and oxygen atoms in total. The second kappa shape index (κ2) is 7.25. The highest BCUT2D eigenvalue weighted by molar-refractivity contribution is 5.88. The van der Waals surface area contributed by atoms with E-state index in [1.807, 2.05) is 0 Å². The number of aryl methyl sites for hydroxylation is 2. The molecular formula is C17H17F2NO4. The molecule has 0 aliphatic carbocycles. The van der Waals surface area contributed by atoms with Gasteiger partial charge in [-0.2, -0.15) is 0 Å². The van der Waals surface area contributed by atoms with Crippen LogP contribution in [-0.2, 0) is 17.8 Å². The highest BCUT2D eigenvalue weighted by Crippen LogP contribution is 2.17. The zero-order chi connectivity index (χ0) is 17.9. The number of carbonyl (C=O) groups is 2. The Balaban J connectivity index is 1.96. The van der Waals surface area contributed by atoms with Crippen molar-refractivity contribution in [2.45, 2.75) is 26.3 Å². The van der Waals surface area contributed by atoms with Crippen molar-refractivity contribution in [1.82, 2.24) is 4.90 Å². The standard InChI is InChI=1S/C17H17F2NO4/c1-10-13(17(22)23)8-12(24-10)9-20(2)15(21)7-6-11-4-3-5-14(18)16(11)19/h3-5,8H,6-7,9H2,1-2H3,(H,22,23). The second-order valence-corrected chi connectivity index (χ2v) is 5.45. The molecule has 1 aromatic heterocycles. The Bertz CT molecular complexity index is 770. The number of halogens is 2. The molecule has 1 amide bonds. The summed E-state index contributed by atoms with van der Waals surface area (Å²) >= 11 is 0. The van der Waals surface area contributed by atoms with Crippen LogP contribution >= 0.6 is 0 Å². The molecule has 1 N–H and O–H groups in total. The number of carboxylic acid groups (broad SMARTS) is 1. The van der Waals surface area contributed by atoms with Gasteiger partial charge in [0, 0.05) is 13.5 Å². The maximum absolute atomic E-state index is 13.6. The number of carbonyl (C=O) groups excluding carboxylic acids is 1. The lowest BCUT2D eigenvalue weighted by Crippen LogP contribution is -2.26. The Labute approximate surface area is 137 Å². The molecule has 128 valence electrons. The third-order valence-corrected chi connectivity index (χ3v) is 3.66. The van der Waals surface area contributed by atoms with E-state index in [-0.39, 0.29) is 42.2 Å². The Kier molecular flexibility index (Phi) is 5.33. The van der Waals surface area contributed by atoms with E-state index in [9.17, 15) is 18.4 Å². The Morgan fingerprint density at radius 2 is 2.00 bits per heavy atom. The summed E-state index contributed by atoms with van der Waals surface area (Å²) in [6.07, 6.45) is 0.0761. The second-order valence-electron chi connectivity index (χ2n) is 5.45. The minimum Gasteiger partial charge on any atom is -0.478 e. The van der Waals surface area contributed by atoms with E-state index < -0.39 is 17.6 Å². The van der Waals surface area contributed by atoms with Crippen LogP contribution < -0.4 is 0 Å². The Morgan fingerprint density at radius 1 is 1.29 bits per heavy atom. The van der Waals surface area contributed by atoms with Crippen molar-refractivity contribution in [3.05, 3.63) is 58.5 Å². The number of furan rings is 1. The largest absolute Gasteiger partial charge is 0.478 e. The first-order chi connectivity index (χ1) is 11.3. The van der Waals surface area contributed by atoms with Gasteiger partial charge in [0.15, 0.2) is 11.6 Å². The highest BCUT2D eigenvalue weighted by atomic mass is 19.2. The van der Waals surface area contributed by atoms with Crippen molar-refractivity contribution in [3.8, 4) is 0 Å². The molecule has 0 aliphatic heterocycles. The van der Waals surface area contributed by atoms with E-state index in [1.54, 1.807) is 0 Å². The van der Waals surface area contributed by atoms with Crippen LogP contribution in [-0.4, -0.2) is 28.9 Å². The number of rotatable bonds is 6. The number of hydrogen-bond donors (Lipinski definition) is 1. The summed E-state index contributed by atoms with van der Waals surface area (Å²) in [7, 11) is 1.53. The van der Waals surface area contributed by atoms with Crippen LogP contribution in [0.15, 0.2) is 28.7 Å². The first kappa shape index (κ1) is 17.7. The van der Waals surface area contributed by atoms with E-state index >= 15 is 0 Å². The van der Waals surface area contributed by atoms with E-state index in [4.69, 9.17) is 9.52 Å². The minimum atomic E-state index is -1.10. The molecule has 0 saturated heterocycles. The average molecular weight is 337 g/mol. The van der Waals surface area contributed by atoms with Gasteiger partial charge in [-0.1, -0.05) is 12.1 Å². The Morgan fingerprint density at radius 3 is 2.62 bits per heavy atom. The number of carboxylic acids is 1. The van der Waals surface area contributed by atoms with Gasteiger partial charge in [0.1, 0.15) is 17.1 Å². The molecule has 2 rings (SSSR count). The van der Waals surface area contributed by atoms with Crippen LogP contribution in [0, 0.1) is 18.6 Å². The smallest absolute Gasteiger partial charge is 0.339 e. The predicted octanol–water partition coefficient (Wildman–Crippen LogP) is 3.16. The maximum atomic E-state index is 13.6. The zero-order valence-corrected chi connectivity index (χ0v) is 13.3. The summed E-state index contributed by atoms with van der Waals surface area (Å²) < 4.78 is 32.0. The van der Waals surface area contributed by atoms with Gasteiger partial charge in [-0.05, 0) is 31.0 Å². The van der Waals surface area contributed by atoms with Crippen molar-refractivity contribution >= 4 is 11.9 Å². The van der Waals surface area contributed by atoms with E-state index in [0.717, 1.165) is 6.07 Å². The first-order valence-corrected chi connectivity index (χ1v) is 7.29. The van der Waals surface area contributed by atoms with Gasteiger partial charge in [-0.15, -0.1) is 0 Å². The molecule has 7 heteroatoms. The summed E-state index contributed by atoms with van der Waals surface area (Å²) in [5.41, 5.74) is 0.187. The fourth-order valence-electron chi connectivity index (χ4n) is 2.33. The monoisotopic (exact) mass is 337 g/mol. The van der Waals surface area contributed by atoms with Crippen LogP contribution in [0.4, 0.5) is 8.78 Å². The first-order valence-electron chi connectivity index (χ1n) is 7.29. The van der Waals surface area contributed by atoms with Gasteiger partial charge in [0.05, 0.1) is 6.54 Å². The molecule has 1 aromatic carbocycles. The Hall–Kier alpha value is -2.70. The fourth-order valence-corrected chi connectivity index (χ4v) is 2.33. The summed E-state index contributed by atoms with van der Waals surface area (Å²) in [5.74, 6) is -2.67. The van der Waals surface area contributed by atoms with Gasteiger partial charge >= 0.3 is 5.97 Å². The highest BCUT2D eigenvalue weighted by Gasteiger charge is 2.17. The van der Waals surface area contributed by atoms with Crippen LogP contribution in [0.2, 0.25) is 0 Å². The molecule has 0 radical (unpaired) electrons. The number of benzene rings is 1. The molecule has 0 spiro atoms. The normalized spacial score (nSPS) is 10.7. The molecular weight excluding hydrogens is 320 g/mol. The lowest BCUT2D eigenvalue weighted by molar-refractivity contribution is -0.130. The minimum absolute atomic E-state index is 0.00233. The molecule has 0 aliphatic rings. The van der Waals surface area contributed by atoms with E-state index in [1.165, 1.54) is 37.1 Å². The summed E-state index contributed by atoms with van der Waals surface area (Å²) in [6, 6.07) is 5.21. The van der Waals surface area contributed by atoms with Crippen molar-refractivity contribution in [2.24, 2.45) is 0 Å². The quantitative estimate of drug-likeness (QED) is 0.879. The maximum Gasteiger partial charge on any atom is 0.339 e. The lowest BCUT2D eigenvalue weighted by atomic mass is 10.1. The number of nitrogens with zero attached hydrogens (tertiary/aromatic N) is 1. The van der Waals surface area contributed by atoms with Crippen LogP contribution in [0.3, 0.4) is 0 Å². The number of aromatic carboxylic acids is 1. The van der Waals surface area contributed by atoms with Crippen molar-refractivity contribution in [1.29, 1.82) is 0 Å². The summed E-state index contributed by atoms with van der Waals surface area (Å²) in [4.78, 5) is 24.4. The van der Waals surface area contributed by atoms with Crippen molar-refractivity contribution in [3.63, 3.8) is 0 Å². The van der Waals surface area contributed by atoms with Gasteiger partial charge in [0.2, 0.25) is 5.91 Å². The zero-order valence-electron chi connectivity index (χ0n) is 13.3. The lowest BCUT2D eigenvalue weighted by Gasteiger charge is -2.15. The fraction of sp³-hybridized carbons (Fsp3) is 0.294. The number of hydrogen-bond acceptors (Lipinski definition) is 3. The van der Waals surface area contributed by atoms with Crippen molar-refractivity contribution in [2.75, 3.05) is 7.05 Å². The topological polar surface area (TPSA) is 70.8 Å². The van der Waals surface area contributed by atoms with Crippen LogP contribution in [0.5, 0.6) is 0 Å². The third-order valence-electron chi connectivity index (χ3n) is 3.66. The van der Waals surface area contributed by atoms with Crippen molar-refractivity contribution < 1.29 is 27.9 Å².